The van der Waals surface area contributed by atoms with Gasteiger partial charge in [0.2, 0.25) is 5.65 Å². The molecule has 0 aliphatic carbocycles. The summed E-state index contributed by atoms with van der Waals surface area (Å²) in [6.45, 7) is 2.78. The average molecular weight is 382 g/mol. The second-order valence-electron chi connectivity index (χ2n) is 6.95. The Kier molecular flexibility index (Phi) is 4.97. The molecule has 7 heteroatoms. The third-order valence-electron chi connectivity index (χ3n) is 4.92. The Morgan fingerprint density at radius 2 is 2.15 bits per heavy atom. The van der Waals surface area contributed by atoms with E-state index >= 15 is 0 Å². The fraction of sp³-hybridized carbons (Fsp3) is 0.350. The van der Waals surface area contributed by atoms with Crippen LogP contribution >= 0.6 is 11.6 Å². The Morgan fingerprint density at radius 1 is 1.33 bits per heavy atom. The molecular formula is C20H20ClN5O. The maximum atomic E-state index is 9.00. The second kappa shape index (κ2) is 7.55. The van der Waals surface area contributed by atoms with Gasteiger partial charge in [0.05, 0.1) is 18.2 Å². The molecular weight excluding hydrogens is 362 g/mol. The van der Waals surface area contributed by atoms with E-state index in [1.54, 1.807) is 28.9 Å². The molecule has 6 nitrogen and oxygen atoms in total. The lowest BCUT2D eigenvalue weighted by Gasteiger charge is -2.29. The van der Waals surface area contributed by atoms with E-state index in [1.165, 1.54) is 6.42 Å². The zero-order valence-electron chi connectivity index (χ0n) is 15.1. The van der Waals surface area contributed by atoms with Crippen molar-refractivity contribution in [1.82, 2.24) is 19.3 Å². The number of hydrogen-bond acceptors (Lipinski definition) is 5. The zero-order chi connectivity index (χ0) is 18.8. The van der Waals surface area contributed by atoms with Crippen LogP contribution in [-0.2, 0) is 0 Å². The standard InChI is InChI=1S/C20H20ClN5O/c1-25-9-2-3-15(12-25)13-27-20-19-23-8-10-26(19)18(21)17(24-20)16-6-4-14(11-22)5-7-16/h4-8,10,15H,2-3,9,12-13H2,1H3/t15-/m1/s1. The van der Waals surface area contributed by atoms with Gasteiger partial charge in [-0.1, -0.05) is 23.7 Å². The van der Waals surface area contributed by atoms with E-state index in [0.717, 1.165) is 25.1 Å². The van der Waals surface area contributed by atoms with Crippen molar-refractivity contribution in [1.29, 1.82) is 5.26 Å². The Hall–Kier alpha value is -2.62. The van der Waals surface area contributed by atoms with E-state index in [0.29, 0.717) is 40.5 Å². The summed E-state index contributed by atoms with van der Waals surface area (Å²) >= 11 is 6.56. The molecule has 0 amide bonds. The van der Waals surface area contributed by atoms with Gasteiger partial charge in [-0.2, -0.15) is 5.26 Å². The van der Waals surface area contributed by atoms with E-state index in [4.69, 9.17) is 21.6 Å². The highest BCUT2D eigenvalue weighted by Crippen LogP contribution is 2.31. The Balaban J connectivity index is 1.66. The van der Waals surface area contributed by atoms with Crippen LogP contribution in [0.25, 0.3) is 16.9 Å². The summed E-state index contributed by atoms with van der Waals surface area (Å²) in [5, 5.41) is 9.47. The minimum absolute atomic E-state index is 0.469. The summed E-state index contributed by atoms with van der Waals surface area (Å²) in [4.78, 5) is 11.4. The summed E-state index contributed by atoms with van der Waals surface area (Å²) in [6.07, 6.45) is 5.83. The lowest BCUT2D eigenvalue weighted by atomic mass is 10.00. The highest BCUT2D eigenvalue weighted by molar-refractivity contribution is 6.32. The number of fused-ring (bicyclic) bond motifs is 1. The van der Waals surface area contributed by atoms with Gasteiger partial charge in [-0.25, -0.2) is 9.97 Å². The van der Waals surface area contributed by atoms with E-state index in [2.05, 4.69) is 28.0 Å². The number of rotatable bonds is 4. The van der Waals surface area contributed by atoms with Crippen LogP contribution in [0, 0.1) is 17.2 Å². The second-order valence-corrected chi connectivity index (χ2v) is 7.31. The van der Waals surface area contributed by atoms with Gasteiger partial charge < -0.3 is 9.64 Å². The number of piperidine rings is 1. The lowest BCUT2D eigenvalue weighted by molar-refractivity contribution is 0.148. The highest BCUT2D eigenvalue weighted by Gasteiger charge is 2.20. The van der Waals surface area contributed by atoms with Crippen molar-refractivity contribution in [3.8, 4) is 23.2 Å². The quantitative estimate of drug-likeness (QED) is 0.690. The first-order valence-corrected chi connectivity index (χ1v) is 9.38. The summed E-state index contributed by atoms with van der Waals surface area (Å²) in [5.41, 5.74) is 2.65. The first-order chi connectivity index (χ1) is 13.2. The molecule has 3 aromatic rings. The largest absolute Gasteiger partial charge is 0.475 e. The van der Waals surface area contributed by atoms with Gasteiger partial charge >= 0.3 is 0 Å². The molecule has 27 heavy (non-hydrogen) atoms. The molecule has 4 rings (SSSR count). The van der Waals surface area contributed by atoms with Crippen molar-refractivity contribution in [3.63, 3.8) is 0 Å². The number of aromatic nitrogens is 3. The maximum absolute atomic E-state index is 9.00. The summed E-state index contributed by atoms with van der Waals surface area (Å²) in [6, 6.07) is 9.31. The molecule has 0 spiro atoms. The number of nitriles is 1. The molecule has 0 unspecified atom stereocenters. The Bertz CT molecular complexity index is 992. The summed E-state index contributed by atoms with van der Waals surface area (Å²) in [5.74, 6) is 0.964. The smallest absolute Gasteiger partial charge is 0.259 e. The molecule has 1 aliphatic rings. The van der Waals surface area contributed by atoms with E-state index in [-0.39, 0.29) is 0 Å². The normalized spacial score (nSPS) is 17.7. The van der Waals surface area contributed by atoms with Crippen molar-refractivity contribution in [2.24, 2.45) is 5.92 Å². The van der Waals surface area contributed by atoms with Crippen LogP contribution in [-0.4, -0.2) is 46.0 Å². The van der Waals surface area contributed by atoms with Crippen LogP contribution < -0.4 is 4.74 Å². The molecule has 0 radical (unpaired) electrons. The molecule has 1 fully saturated rings. The van der Waals surface area contributed by atoms with Gasteiger partial charge in [-0.3, -0.25) is 4.40 Å². The van der Waals surface area contributed by atoms with Crippen LogP contribution in [0.4, 0.5) is 0 Å². The van der Waals surface area contributed by atoms with Crippen molar-refractivity contribution >= 4 is 17.2 Å². The van der Waals surface area contributed by atoms with E-state index in [9.17, 15) is 0 Å². The molecule has 1 atom stereocenters. The van der Waals surface area contributed by atoms with Gasteiger partial charge in [-0.15, -0.1) is 0 Å². The van der Waals surface area contributed by atoms with Crippen molar-refractivity contribution in [2.45, 2.75) is 12.8 Å². The number of benzene rings is 1. The van der Waals surface area contributed by atoms with Crippen molar-refractivity contribution < 1.29 is 4.74 Å². The van der Waals surface area contributed by atoms with Gasteiger partial charge in [-0.05, 0) is 38.6 Å². The molecule has 138 valence electrons. The number of ether oxygens (including phenoxy) is 1. The molecule has 1 saturated heterocycles. The predicted molar refractivity (Wildman–Crippen MR) is 104 cm³/mol. The van der Waals surface area contributed by atoms with Crippen LogP contribution in [0.2, 0.25) is 5.15 Å². The maximum Gasteiger partial charge on any atom is 0.259 e. The predicted octanol–water partition coefficient (Wildman–Crippen LogP) is 3.64. The van der Waals surface area contributed by atoms with Crippen LogP contribution in [0.3, 0.4) is 0 Å². The molecule has 1 aliphatic heterocycles. The molecule has 1 aromatic carbocycles. The minimum Gasteiger partial charge on any atom is -0.475 e. The average Bonchev–Trinajstić information content (AvgIpc) is 3.18. The number of likely N-dealkylation sites (tertiary alicyclic amines) is 1. The van der Waals surface area contributed by atoms with Gasteiger partial charge in [0.1, 0.15) is 10.8 Å². The summed E-state index contributed by atoms with van der Waals surface area (Å²) in [7, 11) is 2.14. The number of hydrogen-bond donors (Lipinski definition) is 0. The first kappa shape index (κ1) is 17.8. The number of halogens is 1. The first-order valence-electron chi connectivity index (χ1n) is 9.00. The van der Waals surface area contributed by atoms with Gasteiger partial charge in [0, 0.05) is 30.4 Å². The molecule has 0 N–H and O–H groups in total. The zero-order valence-corrected chi connectivity index (χ0v) is 15.9. The van der Waals surface area contributed by atoms with Gasteiger partial charge in [0.25, 0.3) is 5.88 Å². The SMILES string of the molecule is CN1CCC[C@@H](COc2nc(-c3ccc(C#N)cc3)c(Cl)n3ccnc23)C1. The fourth-order valence-electron chi connectivity index (χ4n) is 3.52. The van der Waals surface area contributed by atoms with Gasteiger partial charge in [0.15, 0.2) is 0 Å². The molecule has 0 bridgehead atoms. The van der Waals surface area contributed by atoms with Crippen molar-refractivity contribution in [3.05, 3.63) is 47.4 Å². The fourth-order valence-corrected chi connectivity index (χ4v) is 3.81. The Morgan fingerprint density at radius 3 is 2.89 bits per heavy atom. The molecule has 2 aromatic heterocycles. The van der Waals surface area contributed by atoms with Crippen LogP contribution in [0.5, 0.6) is 5.88 Å². The lowest BCUT2D eigenvalue weighted by Crippen LogP contribution is -2.34. The third kappa shape index (κ3) is 3.61. The monoisotopic (exact) mass is 381 g/mol. The topological polar surface area (TPSA) is 66.5 Å². The molecule has 3 heterocycles. The number of nitrogens with zero attached hydrogens (tertiary/aromatic N) is 5. The summed E-state index contributed by atoms with van der Waals surface area (Å²) < 4.78 is 7.88. The highest BCUT2D eigenvalue weighted by atomic mass is 35.5. The minimum atomic E-state index is 0.469. The van der Waals surface area contributed by atoms with E-state index in [1.807, 2.05) is 12.1 Å². The Labute approximate surface area is 163 Å². The van der Waals surface area contributed by atoms with Crippen LogP contribution in [0.15, 0.2) is 36.7 Å². The number of imidazole rings is 1. The van der Waals surface area contributed by atoms with Crippen molar-refractivity contribution in [2.75, 3.05) is 26.7 Å². The molecule has 0 saturated carbocycles. The van der Waals surface area contributed by atoms with Crippen LogP contribution in [0.1, 0.15) is 18.4 Å². The third-order valence-corrected chi connectivity index (χ3v) is 5.28. The van der Waals surface area contributed by atoms with E-state index < -0.39 is 0 Å².